The number of nitriles is 1. The first-order chi connectivity index (χ1) is 62.1. The summed E-state index contributed by atoms with van der Waals surface area (Å²) < 4.78 is 67.3. The van der Waals surface area contributed by atoms with Crippen LogP contribution in [0.25, 0.3) is 0 Å². The number of nitrogens with zero attached hydrogens (tertiary/aromatic N) is 3. The number of halogens is 3. The van der Waals surface area contributed by atoms with E-state index >= 15 is 4.39 Å². The Kier molecular flexibility index (Phi) is 35.8. The normalized spacial score (nSPS) is 25.7. The first-order valence-corrected chi connectivity index (χ1v) is 45.8. The molecule has 1 unspecified atom stereocenters. The summed E-state index contributed by atoms with van der Waals surface area (Å²) in [6, 6.07) is 20.3. The van der Waals surface area contributed by atoms with Crippen LogP contribution in [0.3, 0.4) is 0 Å². The number of rotatable bonds is 42. The van der Waals surface area contributed by atoms with Crippen molar-refractivity contribution in [2.75, 3.05) is 136 Å². The van der Waals surface area contributed by atoms with Gasteiger partial charge in [-0.3, -0.25) is 33.6 Å². The Bertz CT molecular complexity index is 4740. The van der Waals surface area contributed by atoms with Gasteiger partial charge in [0.25, 0.3) is 5.91 Å². The number of carbonyl (C=O) groups excluding carboxylic acids is 10. The zero-order valence-electron chi connectivity index (χ0n) is 75.4. The average molecular weight is 1850 g/mol. The van der Waals surface area contributed by atoms with Gasteiger partial charge in [-0.05, 0) is 183 Å². The number of piperazine rings is 1. The van der Waals surface area contributed by atoms with Crippen LogP contribution in [0.15, 0.2) is 109 Å². The van der Waals surface area contributed by atoms with Crippen molar-refractivity contribution < 1.29 is 105 Å². The van der Waals surface area contributed by atoms with Crippen LogP contribution in [-0.4, -0.2) is 247 Å². The van der Waals surface area contributed by atoms with Gasteiger partial charge in [-0.15, -0.1) is 0 Å². The van der Waals surface area contributed by atoms with Crippen LogP contribution in [0.4, 0.5) is 30.1 Å². The molecule has 2 aliphatic heterocycles. The number of allylic oxidation sites excluding steroid dienone is 4. The van der Waals surface area contributed by atoms with Crippen molar-refractivity contribution in [3.8, 4) is 11.8 Å². The summed E-state index contributed by atoms with van der Waals surface area (Å²) in [5, 5.41) is 56.3. The quantitative estimate of drug-likeness (QED) is 0.0184. The molecule has 0 spiro atoms. The number of methoxy groups -OCH3 is 1. The number of benzene rings is 4. The van der Waals surface area contributed by atoms with Crippen molar-refractivity contribution in [1.82, 2.24) is 36.4 Å². The highest BCUT2D eigenvalue weighted by Gasteiger charge is 2.74. The number of amides is 9. The number of aliphatic hydroxyl groups is 2. The highest BCUT2D eigenvalue weighted by molar-refractivity contribution is 6.31. The molecule has 15 atom stereocenters. The van der Waals surface area contributed by atoms with Gasteiger partial charge in [-0.2, -0.15) is 5.26 Å². The van der Waals surface area contributed by atoms with Crippen LogP contribution in [0.2, 0.25) is 10.0 Å². The monoisotopic (exact) mass is 1850 g/mol. The Morgan fingerprint density at radius 2 is 1.38 bits per heavy atom. The minimum atomic E-state index is -1.46. The fourth-order valence-corrected chi connectivity index (χ4v) is 20.4. The summed E-state index contributed by atoms with van der Waals surface area (Å²) in [5.41, 5.74) is 3.51. The highest BCUT2D eigenvalue weighted by atomic mass is 35.5. The zero-order valence-corrected chi connectivity index (χ0v) is 76.9. The van der Waals surface area contributed by atoms with Crippen molar-refractivity contribution in [3.63, 3.8) is 0 Å². The van der Waals surface area contributed by atoms with Crippen molar-refractivity contribution in [2.24, 2.45) is 51.6 Å². The third kappa shape index (κ3) is 24.6. The lowest BCUT2D eigenvalue weighted by Gasteiger charge is -2.64. The Morgan fingerprint density at radius 3 is 1.98 bits per heavy atom. The highest BCUT2D eigenvalue weighted by Crippen LogP contribution is 2.69. The second-order valence-electron chi connectivity index (χ2n) is 36.6. The molecule has 5 aliphatic carbocycles. The van der Waals surface area contributed by atoms with Gasteiger partial charge in [0.1, 0.15) is 47.9 Å². The van der Waals surface area contributed by atoms with Gasteiger partial charge in [-0.1, -0.05) is 113 Å². The van der Waals surface area contributed by atoms with Crippen molar-refractivity contribution in [3.05, 3.63) is 147 Å². The lowest BCUT2D eigenvalue weighted by molar-refractivity contribution is -0.230. The fourth-order valence-electron chi connectivity index (χ4n) is 20.1. The average Bonchev–Trinajstić information content (AvgIpc) is 1.46. The minimum Gasteiger partial charge on any atom is -0.495 e. The Hall–Kier alpha value is -9.70. The number of urea groups is 1. The molecule has 2 heterocycles. The number of ether oxygens (including phenoxy) is 9. The number of nitrogens with one attached hydrogen (secondary N) is 7. The van der Waals surface area contributed by atoms with Crippen LogP contribution in [0, 0.1) is 63.0 Å². The predicted molar refractivity (Wildman–Crippen MR) is 481 cm³/mol. The van der Waals surface area contributed by atoms with Gasteiger partial charge < -0.3 is 106 Å². The summed E-state index contributed by atoms with van der Waals surface area (Å²) in [7, 11) is 1.40. The standard InChI is InChI=1S/C95H126Cl2FN11O21/c1-58(2)80(107-76(111)32-41-123-43-45-125-47-49-127-51-52-128-50-48-126-46-44-124-42-36-101-84(114)61-18-29-72(74(53-61)122-8)104-87(117)81-77(68-11-9-12-71(97)79(68)98)94(57-99,62-19-22-64(96)23-20-62)75(106-81)55-91(3,4)5)86(116)105-73(13-10-35-102-88(100)118)85(115)103-65-24-14-59(15-25-65)56-129-89(119)108-37-39-109(40-38-108)90(120)130-67-30-33-92(6)63(54-67)21-28-70-78(92)82(112)83(113)93(7)69(31-34-95(70,93)121)60-16-26-66(110)27-17-60/h9,11-12,14-20,22-26,29,53,58,63,67,69-70,73,75,77-78,80-82,106,112,121H,10,13,21,27-28,30-52,54-56H2,1-8H3,(H,101,114)(H,103,115)(H,104,117)(H,105,116)(H,107,111)(H3,100,102,118)/t63-,67+,69?,70-,73+,75+,77+,78-,80-,81-,82+,92+,93+,94+,95+/m1/s1. The van der Waals surface area contributed by atoms with E-state index in [9.17, 15) is 63.4 Å². The summed E-state index contributed by atoms with van der Waals surface area (Å²) in [6.45, 7) is 17.7. The van der Waals surface area contributed by atoms with Crippen molar-refractivity contribution in [1.29, 1.82) is 5.26 Å². The van der Waals surface area contributed by atoms with E-state index in [-0.39, 0.29) is 192 Å². The van der Waals surface area contributed by atoms with E-state index in [4.69, 9.17) is 71.6 Å². The lowest BCUT2D eigenvalue weighted by atomic mass is 9.42. The number of anilines is 2. The molecule has 708 valence electrons. The van der Waals surface area contributed by atoms with Crippen molar-refractivity contribution >= 4 is 93.9 Å². The summed E-state index contributed by atoms with van der Waals surface area (Å²) >= 11 is 12.7. The molecule has 0 bridgehead atoms. The molecular formula is C95H126Cl2FN11O21. The van der Waals surface area contributed by atoms with Crippen LogP contribution >= 0.6 is 23.2 Å². The molecule has 4 aromatic rings. The number of Topliss-reactive ketones (excluding diaryl/α,β-unsaturated/α-hetero) is 1. The zero-order chi connectivity index (χ0) is 93.7. The second kappa shape index (κ2) is 46.1. The van der Waals surface area contributed by atoms with Gasteiger partial charge in [0.2, 0.25) is 23.6 Å². The molecule has 9 amide bonds. The SMILES string of the molecule is COc1cc(C(=O)NCCOCCOCCOCCOCCOCCOCCC(=O)N[C@@H](C(=O)N[C@@H](CCCNC(N)=O)C(=O)Nc2ccc(COC(=O)N3CCN(C(=O)O[C@H]4CC[C@@]5(C)[C@H](CC[C@@H]6[C@@H]5[C@H](O)C(=O)[C@]5(C)C(C7=CCC(=O)C=C7)CC[C@]65O)C4)CC3)cc2)C(C)C)ccc1NC(=O)[C@@H]1N[C@@H](CC(C)(C)C)[C@](C#N)(c2ccc(Cl)cc2)[C@H]1c1cccc(Cl)c1F. The third-order valence-corrected chi connectivity index (χ3v) is 27.4. The number of hydrogen-bond acceptors (Lipinski definition) is 23. The van der Waals surface area contributed by atoms with E-state index < -0.39 is 118 Å². The first kappa shape index (κ1) is 101. The number of ketones is 2. The van der Waals surface area contributed by atoms with E-state index in [1.54, 1.807) is 85.5 Å². The molecule has 6 fully saturated rings. The van der Waals surface area contributed by atoms with Crippen LogP contribution < -0.4 is 47.7 Å². The Morgan fingerprint density at radius 1 is 0.738 bits per heavy atom. The molecule has 4 aromatic carbocycles. The molecule has 0 aromatic heterocycles. The van der Waals surface area contributed by atoms with E-state index in [2.05, 4.69) is 50.2 Å². The molecule has 11 N–H and O–H groups in total. The van der Waals surface area contributed by atoms with Gasteiger partial charge in [-0.25, -0.2) is 18.8 Å². The molecule has 4 saturated carbocycles. The molecule has 2 saturated heterocycles. The topological polar surface area (TPSA) is 435 Å². The summed E-state index contributed by atoms with van der Waals surface area (Å²) in [4.78, 5) is 137. The van der Waals surface area contributed by atoms with Crippen LogP contribution in [-0.2, 0) is 78.7 Å². The van der Waals surface area contributed by atoms with E-state index in [0.29, 0.717) is 99.8 Å². The molecule has 130 heavy (non-hydrogen) atoms. The van der Waals surface area contributed by atoms with Crippen LogP contribution in [0.1, 0.15) is 158 Å². The minimum absolute atomic E-state index is 0.0103. The van der Waals surface area contributed by atoms with Gasteiger partial charge in [0.05, 0.1) is 120 Å². The first-order valence-electron chi connectivity index (χ1n) is 45.0. The number of fused-ring (bicyclic) bond motifs is 5. The molecule has 11 rings (SSSR count). The van der Waals surface area contributed by atoms with Crippen LogP contribution in [0.5, 0.6) is 5.75 Å². The lowest BCUT2D eigenvalue weighted by Crippen LogP contribution is -2.70. The van der Waals surface area contributed by atoms with E-state index in [1.165, 1.54) is 42.4 Å². The maximum Gasteiger partial charge on any atom is 0.410 e. The van der Waals surface area contributed by atoms with Gasteiger partial charge in [0, 0.05) is 86.3 Å². The third-order valence-electron chi connectivity index (χ3n) is 26.8. The molecule has 0 radical (unpaired) electrons. The number of carbonyl (C=O) groups is 10. The Labute approximate surface area is 768 Å². The smallest absolute Gasteiger partial charge is 0.410 e. The molecular weight excluding hydrogens is 1720 g/mol. The van der Waals surface area contributed by atoms with Crippen molar-refractivity contribution in [2.45, 2.75) is 185 Å². The Balaban J connectivity index is 0.507. The number of hydrogen-bond donors (Lipinski definition) is 10. The van der Waals surface area contributed by atoms with Gasteiger partial charge in [0.15, 0.2) is 11.6 Å². The maximum atomic E-state index is 16.2. The molecule has 7 aliphatic rings. The number of aliphatic hydroxyl groups excluding tert-OH is 1. The van der Waals surface area contributed by atoms with Gasteiger partial charge >= 0.3 is 18.2 Å². The summed E-state index contributed by atoms with van der Waals surface area (Å²) in [6.07, 6.45) is 7.54. The second-order valence-corrected chi connectivity index (χ2v) is 37.4. The fraction of sp³-hybridized carbons (Fsp3) is 0.589. The number of primary amides is 1. The molecule has 32 nitrogen and oxygen atoms in total. The van der Waals surface area contributed by atoms with E-state index in [0.717, 1.165) is 12.0 Å². The number of nitrogens with two attached hydrogens (primary N) is 1. The maximum absolute atomic E-state index is 16.2. The predicted octanol–water partition coefficient (Wildman–Crippen LogP) is 10.2. The molecule has 35 heteroatoms. The van der Waals surface area contributed by atoms with E-state index in [1.807, 2.05) is 33.8 Å². The largest absolute Gasteiger partial charge is 0.495 e. The summed E-state index contributed by atoms with van der Waals surface area (Å²) in [5.74, 6) is -5.96.